The van der Waals surface area contributed by atoms with Crippen LogP contribution in [0, 0.1) is 6.92 Å². The highest BCUT2D eigenvalue weighted by Crippen LogP contribution is 2.17. The molecule has 3 aromatic rings. The summed E-state index contributed by atoms with van der Waals surface area (Å²) < 4.78 is 6.54. The lowest BCUT2D eigenvalue weighted by Gasteiger charge is -2.07. The minimum absolute atomic E-state index is 0.141. The fourth-order valence-corrected chi connectivity index (χ4v) is 2.32. The number of benzene rings is 1. The number of fused-ring (bicyclic) bond motifs is 1. The summed E-state index contributed by atoms with van der Waals surface area (Å²) in [6.45, 7) is 1.96. The highest BCUT2D eigenvalue weighted by atomic mass is 16.5. The Kier molecular flexibility index (Phi) is 3.84. The number of aromatic hydroxyl groups is 1. The summed E-state index contributed by atoms with van der Waals surface area (Å²) in [4.78, 5) is 16.8. The standard InChI is InChI=1S/C16H16N4O3/c1-10-15(20-13(18-10)7-8-14(19-20)23-2)16(22)17-9-11-5-3-4-6-12(11)21/h3-8,21H,9H2,1-2H3,(H,17,22). The molecule has 118 valence electrons. The van der Waals surface area contributed by atoms with Crippen LogP contribution in [0.15, 0.2) is 36.4 Å². The number of nitrogens with zero attached hydrogens (tertiary/aromatic N) is 3. The van der Waals surface area contributed by atoms with Crippen molar-refractivity contribution < 1.29 is 14.6 Å². The quantitative estimate of drug-likeness (QED) is 0.765. The average molecular weight is 312 g/mol. The molecule has 0 aliphatic rings. The molecule has 2 aromatic heterocycles. The Morgan fingerprint density at radius 1 is 1.30 bits per heavy atom. The van der Waals surface area contributed by atoms with E-state index in [-0.39, 0.29) is 18.2 Å². The second-order valence-electron chi connectivity index (χ2n) is 5.00. The van der Waals surface area contributed by atoms with E-state index in [0.29, 0.717) is 28.5 Å². The van der Waals surface area contributed by atoms with E-state index in [9.17, 15) is 9.90 Å². The Labute approximate surface area is 132 Å². The first-order valence-electron chi connectivity index (χ1n) is 7.05. The average Bonchev–Trinajstić information content (AvgIpc) is 2.88. The number of phenolic OH excluding ortho intramolecular Hbond substituents is 1. The maximum absolute atomic E-state index is 12.5. The molecule has 0 atom stereocenters. The van der Waals surface area contributed by atoms with Gasteiger partial charge in [-0.25, -0.2) is 9.50 Å². The van der Waals surface area contributed by atoms with Gasteiger partial charge in [-0.15, -0.1) is 5.10 Å². The van der Waals surface area contributed by atoms with Gasteiger partial charge in [0.05, 0.1) is 12.8 Å². The number of nitrogens with one attached hydrogen (secondary N) is 1. The highest BCUT2D eigenvalue weighted by Gasteiger charge is 2.18. The molecule has 7 nitrogen and oxygen atoms in total. The van der Waals surface area contributed by atoms with Crippen molar-refractivity contribution in [1.29, 1.82) is 0 Å². The molecule has 0 saturated heterocycles. The SMILES string of the molecule is COc1ccc2nc(C)c(C(=O)NCc3ccccc3O)n2n1. The van der Waals surface area contributed by atoms with E-state index in [1.54, 1.807) is 43.3 Å². The summed E-state index contributed by atoms with van der Waals surface area (Å²) in [6, 6.07) is 10.3. The van der Waals surface area contributed by atoms with E-state index >= 15 is 0 Å². The normalized spacial score (nSPS) is 10.7. The number of amides is 1. The van der Waals surface area contributed by atoms with Gasteiger partial charge in [-0.3, -0.25) is 4.79 Å². The molecular formula is C16H16N4O3. The molecule has 23 heavy (non-hydrogen) atoms. The number of para-hydroxylation sites is 1. The van der Waals surface area contributed by atoms with Gasteiger partial charge < -0.3 is 15.2 Å². The number of ether oxygens (including phenoxy) is 1. The Hall–Kier alpha value is -3.09. The molecule has 2 N–H and O–H groups in total. The Bertz CT molecular complexity index is 873. The van der Waals surface area contributed by atoms with Gasteiger partial charge in [0.15, 0.2) is 11.3 Å². The monoisotopic (exact) mass is 312 g/mol. The van der Waals surface area contributed by atoms with Crippen molar-refractivity contribution in [3.63, 3.8) is 0 Å². The lowest BCUT2D eigenvalue weighted by molar-refractivity contribution is 0.0943. The van der Waals surface area contributed by atoms with Gasteiger partial charge in [0.25, 0.3) is 5.91 Å². The molecule has 0 saturated carbocycles. The predicted octanol–water partition coefficient (Wildman–Crippen LogP) is 1.68. The van der Waals surface area contributed by atoms with Crippen LogP contribution < -0.4 is 10.1 Å². The third kappa shape index (κ3) is 2.80. The van der Waals surface area contributed by atoms with Crippen LogP contribution in [0.25, 0.3) is 5.65 Å². The first-order chi connectivity index (χ1) is 11.1. The topological polar surface area (TPSA) is 88.8 Å². The largest absolute Gasteiger partial charge is 0.508 e. The fraction of sp³-hybridized carbons (Fsp3) is 0.188. The van der Waals surface area contributed by atoms with Gasteiger partial charge in [0, 0.05) is 18.2 Å². The number of carbonyl (C=O) groups excluding carboxylic acids is 1. The van der Waals surface area contributed by atoms with Crippen molar-refractivity contribution in [2.24, 2.45) is 0 Å². The number of carbonyl (C=O) groups is 1. The summed E-state index contributed by atoms with van der Waals surface area (Å²) in [5.74, 6) is 0.214. The molecule has 3 rings (SSSR count). The molecule has 0 aliphatic heterocycles. The second kappa shape index (κ2) is 5.96. The smallest absolute Gasteiger partial charge is 0.272 e. The van der Waals surface area contributed by atoms with E-state index in [4.69, 9.17) is 4.74 Å². The van der Waals surface area contributed by atoms with Crippen LogP contribution in [-0.4, -0.2) is 32.7 Å². The Morgan fingerprint density at radius 3 is 2.83 bits per heavy atom. The summed E-state index contributed by atoms with van der Waals surface area (Å²) in [5.41, 5.74) is 2.11. The van der Waals surface area contributed by atoms with Crippen LogP contribution in [0.3, 0.4) is 0 Å². The van der Waals surface area contributed by atoms with E-state index in [1.807, 2.05) is 0 Å². The molecule has 0 fully saturated rings. The van der Waals surface area contributed by atoms with E-state index in [1.165, 1.54) is 11.6 Å². The van der Waals surface area contributed by atoms with Crippen molar-refractivity contribution in [3.8, 4) is 11.6 Å². The van der Waals surface area contributed by atoms with Gasteiger partial charge in [-0.2, -0.15) is 0 Å². The molecule has 7 heteroatoms. The number of aryl methyl sites for hydroxylation is 1. The van der Waals surface area contributed by atoms with E-state index < -0.39 is 0 Å². The molecule has 2 heterocycles. The molecule has 0 bridgehead atoms. The van der Waals surface area contributed by atoms with Crippen molar-refractivity contribution in [1.82, 2.24) is 19.9 Å². The van der Waals surface area contributed by atoms with Crippen molar-refractivity contribution in [2.75, 3.05) is 7.11 Å². The molecule has 1 aromatic carbocycles. The van der Waals surface area contributed by atoms with Crippen LogP contribution in [0.2, 0.25) is 0 Å². The highest BCUT2D eigenvalue weighted by molar-refractivity contribution is 5.94. The first kappa shape index (κ1) is 14.8. The van der Waals surface area contributed by atoms with Crippen LogP contribution >= 0.6 is 0 Å². The number of hydrogen-bond donors (Lipinski definition) is 2. The minimum Gasteiger partial charge on any atom is -0.508 e. The Morgan fingerprint density at radius 2 is 2.09 bits per heavy atom. The first-order valence-corrected chi connectivity index (χ1v) is 7.05. The van der Waals surface area contributed by atoms with Crippen LogP contribution in [-0.2, 0) is 6.54 Å². The fourth-order valence-electron chi connectivity index (χ4n) is 2.32. The molecule has 1 amide bonds. The summed E-state index contributed by atoms with van der Waals surface area (Å²) in [6.07, 6.45) is 0. The number of methoxy groups -OCH3 is 1. The lowest BCUT2D eigenvalue weighted by atomic mass is 10.2. The molecule has 0 spiro atoms. The number of rotatable bonds is 4. The van der Waals surface area contributed by atoms with Crippen molar-refractivity contribution in [3.05, 3.63) is 53.3 Å². The van der Waals surface area contributed by atoms with Crippen molar-refractivity contribution in [2.45, 2.75) is 13.5 Å². The molecule has 0 unspecified atom stereocenters. The number of imidazole rings is 1. The lowest BCUT2D eigenvalue weighted by Crippen LogP contribution is -2.25. The zero-order valence-electron chi connectivity index (χ0n) is 12.8. The van der Waals surface area contributed by atoms with Gasteiger partial charge in [-0.1, -0.05) is 18.2 Å². The van der Waals surface area contributed by atoms with Gasteiger partial charge in [-0.05, 0) is 19.1 Å². The van der Waals surface area contributed by atoms with Crippen molar-refractivity contribution >= 4 is 11.6 Å². The molecule has 0 radical (unpaired) electrons. The van der Waals surface area contributed by atoms with Crippen LogP contribution in [0.4, 0.5) is 0 Å². The second-order valence-corrected chi connectivity index (χ2v) is 5.00. The van der Waals surface area contributed by atoms with Crippen LogP contribution in [0.5, 0.6) is 11.6 Å². The molecular weight excluding hydrogens is 296 g/mol. The zero-order valence-corrected chi connectivity index (χ0v) is 12.8. The number of aromatic nitrogens is 3. The summed E-state index contributed by atoms with van der Waals surface area (Å²) >= 11 is 0. The Balaban J connectivity index is 1.88. The van der Waals surface area contributed by atoms with Gasteiger partial charge in [0.1, 0.15) is 5.75 Å². The third-order valence-corrected chi connectivity index (χ3v) is 3.48. The van der Waals surface area contributed by atoms with Crippen LogP contribution in [0.1, 0.15) is 21.7 Å². The maximum Gasteiger partial charge on any atom is 0.272 e. The third-order valence-electron chi connectivity index (χ3n) is 3.48. The maximum atomic E-state index is 12.5. The predicted molar refractivity (Wildman–Crippen MR) is 83.6 cm³/mol. The number of phenols is 1. The summed E-state index contributed by atoms with van der Waals surface area (Å²) in [5, 5.41) is 16.8. The van der Waals surface area contributed by atoms with E-state index in [0.717, 1.165) is 0 Å². The van der Waals surface area contributed by atoms with Gasteiger partial charge >= 0.3 is 0 Å². The van der Waals surface area contributed by atoms with E-state index in [2.05, 4.69) is 15.4 Å². The zero-order chi connectivity index (χ0) is 16.4. The van der Waals surface area contributed by atoms with Gasteiger partial charge in [0.2, 0.25) is 5.88 Å². The summed E-state index contributed by atoms with van der Waals surface area (Å²) in [7, 11) is 1.51. The molecule has 0 aliphatic carbocycles. The minimum atomic E-state index is -0.320. The number of hydrogen-bond acceptors (Lipinski definition) is 5.